The van der Waals surface area contributed by atoms with E-state index in [4.69, 9.17) is 23.2 Å². The van der Waals surface area contributed by atoms with E-state index in [0.29, 0.717) is 0 Å². The number of hydrogen-bond donors (Lipinski definition) is 0. The molecule has 29 heavy (non-hydrogen) atoms. The molecule has 1 aromatic heterocycles. The molecule has 0 unspecified atom stereocenters. The van der Waals surface area contributed by atoms with Crippen LogP contribution in [-0.4, -0.2) is 6.54 Å². The third-order valence-electron chi connectivity index (χ3n) is 4.72. The van der Waals surface area contributed by atoms with Gasteiger partial charge in [-0.1, -0.05) is 64.5 Å². The summed E-state index contributed by atoms with van der Waals surface area (Å²) in [5.74, 6) is 0. The topological polar surface area (TPSA) is 7.12 Å². The Balaban J connectivity index is 1.52. The summed E-state index contributed by atoms with van der Waals surface area (Å²) in [5.41, 5.74) is 2.38. The molecule has 1 aliphatic heterocycles. The van der Waals surface area contributed by atoms with Crippen LogP contribution in [-0.2, 0) is 6.54 Å². The lowest BCUT2D eigenvalue weighted by molar-refractivity contribution is -0.665. The predicted octanol–water partition coefficient (Wildman–Crippen LogP) is 7.56. The van der Waals surface area contributed by atoms with Crippen LogP contribution in [0.4, 0.5) is 5.69 Å². The van der Waals surface area contributed by atoms with Gasteiger partial charge in [-0.05, 0) is 50.3 Å². The maximum Gasteiger partial charge on any atom is 0.262 e. The summed E-state index contributed by atoms with van der Waals surface area (Å²) < 4.78 is 3.54. The minimum atomic E-state index is 0.774. The van der Waals surface area contributed by atoms with Crippen LogP contribution in [0.25, 0.3) is 16.3 Å². The van der Waals surface area contributed by atoms with Crippen molar-refractivity contribution in [3.05, 3.63) is 80.8 Å². The number of hydrogen-bond acceptors (Lipinski definition) is 3. The first-order valence-corrected chi connectivity index (χ1v) is 11.9. The molecule has 2 nitrogen and oxygen atoms in total. The molecule has 4 rings (SSSR count). The van der Waals surface area contributed by atoms with Gasteiger partial charge >= 0.3 is 0 Å². The number of aryl methyl sites for hydroxylation is 1. The summed E-state index contributed by atoms with van der Waals surface area (Å²) >= 11 is 15.9. The van der Waals surface area contributed by atoms with Crippen LogP contribution in [0.1, 0.15) is 18.9 Å². The van der Waals surface area contributed by atoms with E-state index in [9.17, 15) is 0 Å². The van der Waals surface area contributed by atoms with E-state index in [2.05, 4.69) is 65.8 Å². The molecule has 0 saturated carbocycles. The van der Waals surface area contributed by atoms with Crippen LogP contribution < -0.4 is 9.47 Å². The summed E-state index contributed by atoms with van der Waals surface area (Å²) in [5, 5.41) is 3.98. The SMILES string of the molecule is CCN1/C(=C/C=C/C=C/c2sc3ccc(Cl)cc3[n+]2CC)Sc2ccc(Cl)cc21. The second kappa shape index (κ2) is 8.97. The van der Waals surface area contributed by atoms with E-state index in [-0.39, 0.29) is 0 Å². The number of benzene rings is 2. The highest BCUT2D eigenvalue weighted by molar-refractivity contribution is 8.03. The third kappa shape index (κ3) is 4.26. The zero-order chi connectivity index (χ0) is 20.4. The molecule has 0 fully saturated rings. The summed E-state index contributed by atoms with van der Waals surface area (Å²) in [4.78, 5) is 3.54. The van der Waals surface area contributed by atoms with Crippen LogP contribution in [0, 0.1) is 0 Å². The highest BCUT2D eigenvalue weighted by Crippen LogP contribution is 2.46. The molecule has 2 aromatic carbocycles. The maximum atomic E-state index is 6.17. The molecular weight excluding hydrogens is 439 g/mol. The number of nitrogens with zero attached hydrogens (tertiary/aromatic N) is 2. The fourth-order valence-electron chi connectivity index (χ4n) is 3.39. The number of aromatic nitrogens is 1. The highest BCUT2D eigenvalue weighted by Gasteiger charge is 2.23. The van der Waals surface area contributed by atoms with Gasteiger partial charge < -0.3 is 4.90 Å². The lowest BCUT2D eigenvalue weighted by atomic mass is 10.3. The monoisotopic (exact) mass is 459 g/mol. The molecule has 148 valence electrons. The number of allylic oxidation sites excluding steroid dienone is 4. The Kier molecular flexibility index (Phi) is 6.35. The van der Waals surface area contributed by atoms with Gasteiger partial charge in [0.2, 0.25) is 5.52 Å². The number of rotatable bonds is 5. The maximum absolute atomic E-state index is 6.17. The molecule has 0 aliphatic carbocycles. The molecule has 0 saturated heterocycles. The lowest BCUT2D eigenvalue weighted by Crippen LogP contribution is -2.33. The van der Waals surface area contributed by atoms with Crippen LogP contribution in [0.15, 0.2) is 70.6 Å². The van der Waals surface area contributed by atoms with Crippen molar-refractivity contribution in [2.75, 3.05) is 11.4 Å². The minimum Gasteiger partial charge on any atom is -0.335 e. The first kappa shape index (κ1) is 20.5. The summed E-state index contributed by atoms with van der Waals surface area (Å²) in [6.07, 6.45) is 10.6. The number of anilines is 1. The predicted molar refractivity (Wildman–Crippen MR) is 129 cm³/mol. The highest BCUT2D eigenvalue weighted by atomic mass is 35.5. The van der Waals surface area contributed by atoms with Crippen molar-refractivity contribution >= 4 is 68.3 Å². The van der Waals surface area contributed by atoms with E-state index in [1.165, 1.54) is 30.8 Å². The quantitative estimate of drug-likeness (QED) is 0.287. The van der Waals surface area contributed by atoms with E-state index in [1.54, 1.807) is 23.1 Å². The van der Waals surface area contributed by atoms with Gasteiger partial charge in [0.15, 0.2) is 0 Å². The fraction of sp³-hybridized carbons (Fsp3) is 0.174. The van der Waals surface area contributed by atoms with Gasteiger partial charge in [0, 0.05) is 33.6 Å². The third-order valence-corrected chi connectivity index (χ3v) is 7.45. The van der Waals surface area contributed by atoms with Crippen LogP contribution >= 0.6 is 46.3 Å². The average molecular weight is 460 g/mol. The van der Waals surface area contributed by atoms with E-state index >= 15 is 0 Å². The van der Waals surface area contributed by atoms with E-state index in [1.807, 2.05) is 24.3 Å². The Hall–Kier alpha value is -1.72. The molecule has 0 spiro atoms. The summed E-state index contributed by atoms with van der Waals surface area (Å²) in [6, 6.07) is 12.2. The first-order chi connectivity index (χ1) is 14.1. The number of thioether (sulfide) groups is 1. The molecule has 3 aromatic rings. The second-order valence-corrected chi connectivity index (χ2v) is 9.50. The van der Waals surface area contributed by atoms with Gasteiger partial charge in [0.05, 0.1) is 10.7 Å². The Morgan fingerprint density at radius 3 is 2.59 bits per heavy atom. The average Bonchev–Trinajstić information content (AvgIpc) is 3.23. The van der Waals surface area contributed by atoms with Gasteiger partial charge in [-0.2, -0.15) is 4.57 Å². The smallest absolute Gasteiger partial charge is 0.262 e. The van der Waals surface area contributed by atoms with Crippen LogP contribution in [0.5, 0.6) is 0 Å². The molecule has 1 aliphatic rings. The van der Waals surface area contributed by atoms with Gasteiger partial charge in [0.1, 0.15) is 11.2 Å². The minimum absolute atomic E-state index is 0.774. The number of thiazole rings is 1. The van der Waals surface area contributed by atoms with Crippen molar-refractivity contribution in [1.82, 2.24) is 0 Å². The number of fused-ring (bicyclic) bond motifs is 2. The molecule has 0 bridgehead atoms. The van der Waals surface area contributed by atoms with Crippen molar-refractivity contribution in [3.63, 3.8) is 0 Å². The standard InChI is InChI=1S/C23H21Cl2N2S2/c1-3-26-18-14-16(24)10-12-20(18)28-22(26)8-6-5-7-9-23-27(4-2)19-15-17(25)11-13-21(19)29-23/h5-15H,3-4H2,1-2H3/q+1. The molecule has 0 radical (unpaired) electrons. The Labute approximate surface area is 189 Å². The molecular formula is C23H21Cl2N2S2+. The summed E-state index contributed by atoms with van der Waals surface area (Å²) in [7, 11) is 0. The zero-order valence-electron chi connectivity index (χ0n) is 16.2. The Morgan fingerprint density at radius 1 is 1.00 bits per heavy atom. The van der Waals surface area contributed by atoms with Crippen molar-refractivity contribution in [3.8, 4) is 0 Å². The largest absolute Gasteiger partial charge is 0.335 e. The van der Waals surface area contributed by atoms with E-state index < -0.39 is 0 Å². The molecule has 6 heteroatoms. The molecule has 0 atom stereocenters. The van der Waals surface area contributed by atoms with Crippen molar-refractivity contribution in [2.45, 2.75) is 25.3 Å². The Morgan fingerprint density at radius 2 is 1.79 bits per heavy atom. The second-order valence-electron chi connectivity index (χ2n) is 6.50. The van der Waals surface area contributed by atoms with E-state index in [0.717, 1.165) is 23.1 Å². The van der Waals surface area contributed by atoms with Crippen molar-refractivity contribution < 1.29 is 4.57 Å². The van der Waals surface area contributed by atoms with Gasteiger partial charge in [0.25, 0.3) is 5.01 Å². The van der Waals surface area contributed by atoms with Gasteiger partial charge in [-0.3, -0.25) is 0 Å². The fourth-order valence-corrected chi connectivity index (χ4v) is 5.96. The Bertz CT molecular complexity index is 1150. The zero-order valence-corrected chi connectivity index (χ0v) is 19.4. The van der Waals surface area contributed by atoms with Crippen LogP contribution in [0.3, 0.4) is 0 Å². The normalized spacial score (nSPS) is 15.4. The van der Waals surface area contributed by atoms with Crippen molar-refractivity contribution in [2.24, 2.45) is 0 Å². The van der Waals surface area contributed by atoms with Gasteiger partial charge in [-0.25, -0.2) is 0 Å². The van der Waals surface area contributed by atoms with Crippen LogP contribution in [0.2, 0.25) is 10.0 Å². The lowest BCUT2D eigenvalue weighted by Gasteiger charge is -2.17. The molecule has 0 amide bonds. The molecule has 2 heterocycles. The van der Waals surface area contributed by atoms with Crippen molar-refractivity contribution in [1.29, 1.82) is 0 Å². The molecule has 0 N–H and O–H groups in total. The number of halogens is 2. The van der Waals surface area contributed by atoms with Gasteiger partial charge in [-0.15, -0.1) is 0 Å². The first-order valence-electron chi connectivity index (χ1n) is 9.52. The summed E-state index contributed by atoms with van der Waals surface area (Å²) in [6.45, 7) is 6.14.